The first-order valence-corrected chi connectivity index (χ1v) is 5.58. The molecular weight excluding hydrogens is 219 g/mol. The third kappa shape index (κ3) is 3.35. The van der Waals surface area contributed by atoms with E-state index in [9.17, 15) is 4.39 Å². The van der Waals surface area contributed by atoms with Crippen LogP contribution in [-0.4, -0.2) is 21.5 Å². The molecule has 1 aromatic carbocycles. The monoisotopic (exact) mass is 234 g/mol. The summed E-state index contributed by atoms with van der Waals surface area (Å²) in [4.78, 5) is 0. The van der Waals surface area contributed by atoms with Crippen molar-refractivity contribution in [1.82, 2.24) is 20.3 Å². The Bertz CT molecular complexity index is 438. The molecule has 0 spiro atoms. The van der Waals surface area contributed by atoms with Gasteiger partial charge in [-0.2, -0.15) is 0 Å². The molecule has 0 aliphatic heterocycles. The normalized spacial score (nSPS) is 12.6. The van der Waals surface area contributed by atoms with Gasteiger partial charge in [-0.25, -0.2) is 4.39 Å². The third-order valence-corrected chi connectivity index (χ3v) is 2.63. The lowest BCUT2D eigenvalue weighted by Gasteiger charge is -2.13. The van der Waals surface area contributed by atoms with Gasteiger partial charge in [-0.3, -0.25) is 4.68 Å². The summed E-state index contributed by atoms with van der Waals surface area (Å²) in [6, 6.07) is 6.74. The highest BCUT2D eigenvalue weighted by Crippen LogP contribution is 2.12. The molecule has 4 nitrogen and oxygen atoms in total. The van der Waals surface area contributed by atoms with Crippen LogP contribution in [-0.2, 0) is 6.54 Å². The Morgan fingerprint density at radius 3 is 2.76 bits per heavy atom. The van der Waals surface area contributed by atoms with Gasteiger partial charge in [-0.05, 0) is 24.6 Å². The largest absolute Gasteiger partial charge is 0.308 e. The minimum absolute atomic E-state index is 0.194. The lowest BCUT2D eigenvalue weighted by atomic mass is 10.1. The van der Waals surface area contributed by atoms with E-state index >= 15 is 0 Å². The van der Waals surface area contributed by atoms with Crippen LogP contribution in [0.3, 0.4) is 0 Å². The zero-order valence-corrected chi connectivity index (χ0v) is 9.68. The Morgan fingerprint density at radius 2 is 2.12 bits per heavy atom. The smallest absolute Gasteiger partial charge is 0.123 e. The minimum atomic E-state index is -0.205. The van der Waals surface area contributed by atoms with Crippen molar-refractivity contribution >= 4 is 0 Å². The van der Waals surface area contributed by atoms with Crippen molar-refractivity contribution in [3.05, 3.63) is 48.0 Å². The fraction of sp³-hybridized carbons (Fsp3) is 0.333. The van der Waals surface area contributed by atoms with E-state index in [1.807, 2.05) is 6.20 Å². The van der Waals surface area contributed by atoms with Crippen LogP contribution in [0.5, 0.6) is 0 Å². The minimum Gasteiger partial charge on any atom is -0.308 e. The summed E-state index contributed by atoms with van der Waals surface area (Å²) in [6.45, 7) is 3.61. The van der Waals surface area contributed by atoms with Crippen molar-refractivity contribution in [2.75, 3.05) is 6.54 Å². The van der Waals surface area contributed by atoms with Gasteiger partial charge < -0.3 is 5.32 Å². The zero-order valence-electron chi connectivity index (χ0n) is 9.68. The molecular formula is C12H15FN4. The summed E-state index contributed by atoms with van der Waals surface area (Å²) in [5.41, 5.74) is 1.07. The SMILES string of the molecule is CC(NCCn1ccnn1)c1ccc(F)cc1. The fourth-order valence-electron chi connectivity index (χ4n) is 1.62. The maximum absolute atomic E-state index is 12.7. The predicted molar refractivity (Wildman–Crippen MR) is 62.8 cm³/mol. The van der Waals surface area contributed by atoms with E-state index in [0.29, 0.717) is 0 Å². The van der Waals surface area contributed by atoms with E-state index in [1.165, 1.54) is 12.1 Å². The van der Waals surface area contributed by atoms with E-state index < -0.39 is 0 Å². The molecule has 1 unspecified atom stereocenters. The Kier molecular flexibility index (Phi) is 3.82. The van der Waals surface area contributed by atoms with Gasteiger partial charge in [-0.1, -0.05) is 17.3 Å². The van der Waals surface area contributed by atoms with Gasteiger partial charge in [0.2, 0.25) is 0 Å². The summed E-state index contributed by atoms with van der Waals surface area (Å²) in [5.74, 6) is -0.205. The van der Waals surface area contributed by atoms with Crippen LogP contribution in [0.25, 0.3) is 0 Å². The molecule has 1 N–H and O–H groups in total. The van der Waals surface area contributed by atoms with E-state index in [-0.39, 0.29) is 11.9 Å². The number of benzene rings is 1. The molecule has 1 heterocycles. The standard InChI is InChI=1S/C12H15FN4/c1-10(11-2-4-12(13)5-3-11)14-6-8-17-9-7-15-16-17/h2-5,7,9-10,14H,6,8H2,1H3. The van der Waals surface area contributed by atoms with Crippen LogP contribution < -0.4 is 5.32 Å². The Balaban J connectivity index is 1.81. The van der Waals surface area contributed by atoms with Crippen LogP contribution >= 0.6 is 0 Å². The lowest BCUT2D eigenvalue weighted by molar-refractivity contribution is 0.498. The molecule has 1 aromatic heterocycles. The molecule has 17 heavy (non-hydrogen) atoms. The van der Waals surface area contributed by atoms with Crippen molar-refractivity contribution in [1.29, 1.82) is 0 Å². The van der Waals surface area contributed by atoms with E-state index in [0.717, 1.165) is 18.7 Å². The number of aromatic nitrogens is 3. The second-order valence-electron chi connectivity index (χ2n) is 3.89. The van der Waals surface area contributed by atoms with Crippen LogP contribution in [0.15, 0.2) is 36.7 Å². The van der Waals surface area contributed by atoms with E-state index in [4.69, 9.17) is 0 Å². The van der Waals surface area contributed by atoms with Crippen LogP contribution in [0.1, 0.15) is 18.5 Å². The maximum Gasteiger partial charge on any atom is 0.123 e. The molecule has 1 atom stereocenters. The molecule has 90 valence electrons. The van der Waals surface area contributed by atoms with Crippen molar-refractivity contribution < 1.29 is 4.39 Å². The molecule has 0 radical (unpaired) electrons. The number of nitrogens with zero attached hydrogens (tertiary/aromatic N) is 3. The Morgan fingerprint density at radius 1 is 1.35 bits per heavy atom. The molecule has 0 saturated heterocycles. The molecule has 5 heteroatoms. The number of rotatable bonds is 5. The number of halogens is 1. The highest BCUT2D eigenvalue weighted by Gasteiger charge is 2.04. The highest BCUT2D eigenvalue weighted by molar-refractivity contribution is 5.19. The third-order valence-electron chi connectivity index (χ3n) is 2.63. The zero-order chi connectivity index (χ0) is 12.1. The number of nitrogens with one attached hydrogen (secondary N) is 1. The Labute approximate surface area is 99.5 Å². The molecule has 0 amide bonds. The predicted octanol–water partition coefficient (Wildman–Crippen LogP) is 1.77. The lowest BCUT2D eigenvalue weighted by Crippen LogP contribution is -2.23. The average molecular weight is 234 g/mol. The summed E-state index contributed by atoms with van der Waals surface area (Å²) in [5, 5.41) is 11.0. The van der Waals surface area contributed by atoms with E-state index in [1.54, 1.807) is 23.0 Å². The molecule has 0 bridgehead atoms. The van der Waals surface area contributed by atoms with Gasteiger partial charge in [0, 0.05) is 18.8 Å². The number of hydrogen-bond acceptors (Lipinski definition) is 3. The fourth-order valence-corrected chi connectivity index (χ4v) is 1.62. The molecule has 0 fully saturated rings. The van der Waals surface area contributed by atoms with Gasteiger partial charge in [0.05, 0.1) is 12.7 Å². The van der Waals surface area contributed by atoms with Crippen molar-refractivity contribution in [3.8, 4) is 0 Å². The first-order valence-electron chi connectivity index (χ1n) is 5.58. The highest BCUT2D eigenvalue weighted by atomic mass is 19.1. The van der Waals surface area contributed by atoms with Gasteiger partial charge in [0.1, 0.15) is 5.82 Å². The average Bonchev–Trinajstić information content (AvgIpc) is 2.83. The molecule has 2 rings (SSSR count). The maximum atomic E-state index is 12.7. The summed E-state index contributed by atoms with van der Waals surface area (Å²) in [7, 11) is 0. The second-order valence-corrected chi connectivity index (χ2v) is 3.89. The van der Waals surface area contributed by atoms with Gasteiger partial charge in [-0.15, -0.1) is 5.10 Å². The second kappa shape index (κ2) is 5.54. The van der Waals surface area contributed by atoms with Crippen molar-refractivity contribution in [3.63, 3.8) is 0 Å². The summed E-state index contributed by atoms with van der Waals surface area (Å²) >= 11 is 0. The van der Waals surface area contributed by atoms with Gasteiger partial charge in [0.25, 0.3) is 0 Å². The van der Waals surface area contributed by atoms with Gasteiger partial charge >= 0.3 is 0 Å². The topological polar surface area (TPSA) is 42.7 Å². The Hall–Kier alpha value is -1.75. The molecule has 0 aliphatic rings. The molecule has 0 aliphatic carbocycles. The van der Waals surface area contributed by atoms with Crippen LogP contribution in [0.4, 0.5) is 4.39 Å². The van der Waals surface area contributed by atoms with Crippen molar-refractivity contribution in [2.45, 2.75) is 19.5 Å². The number of hydrogen-bond donors (Lipinski definition) is 1. The molecule has 2 aromatic rings. The van der Waals surface area contributed by atoms with Crippen LogP contribution in [0, 0.1) is 5.82 Å². The first-order chi connectivity index (χ1) is 8.25. The van der Waals surface area contributed by atoms with Gasteiger partial charge in [0.15, 0.2) is 0 Å². The summed E-state index contributed by atoms with van der Waals surface area (Å²) in [6.07, 6.45) is 3.48. The van der Waals surface area contributed by atoms with Crippen LogP contribution in [0.2, 0.25) is 0 Å². The first kappa shape index (κ1) is 11.7. The van der Waals surface area contributed by atoms with Crippen molar-refractivity contribution in [2.24, 2.45) is 0 Å². The van der Waals surface area contributed by atoms with E-state index in [2.05, 4.69) is 22.6 Å². The quantitative estimate of drug-likeness (QED) is 0.857. The summed E-state index contributed by atoms with van der Waals surface area (Å²) < 4.78 is 14.5. The molecule has 0 saturated carbocycles.